The topological polar surface area (TPSA) is 0 Å². The summed E-state index contributed by atoms with van der Waals surface area (Å²) in [6.45, 7) is 0. The van der Waals surface area contributed by atoms with Gasteiger partial charge in [-0.2, -0.15) is 0 Å². The lowest BCUT2D eigenvalue weighted by atomic mass is 12.0. The van der Waals surface area contributed by atoms with Crippen LogP contribution in [0.15, 0.2) is 0 Å². The molecule has 0 aliphatic carbocycles. The highest BCUT2D eigenvalue weighted by Gasteiger charge is 1.01. The fourth-order valence-corrected chi connectivity index (χ4v) is 0. The van der Waals surface area contributed by atoms with Crippen molar-refractivity contribution in [1.29, 1.82) is 0 Å². The van der Waals surface area contributed by atoms with E-state index in [1.54, 1.807) is 0 Å². The predicted molar refractivity (Wildman–Crippen MR) is 40.1 cm³/mol. The summed E-state index contributed by atoms with van der Waals surface area (Å²) < 4.78 is 1.92. The van der Waals surface area contributed by atoms with E-state index in [9.17, 15) is 0 Å². The molecule has 0 aromatic heterocycles. The number of alkyl halides is 1. The van der Waals surface area contributed by atoms with E-state index < -0.39 is 0 Å². The van der Waals surface area contributed by atoms with Gasteiger partial charge in [0.05, 0.1) is 0 Å². The van der Waals surface area contributed by atoms with Crippen molar-refractivity contribution in [2.45, 2.75) is 0 Å². The van der Waals surface area contributed by atoms with E-state index in [0.717, 1.165) is 0 Å². The highest BCUT2D eigenvalue weighted by molar-refractivity contribution is 14.1. The van der Waals surface area contributed by atoms with Crippen LogP contribution in [0.1, 0.15) is 0 Å². The molecule has 0 aromatic rings. The molecule has 0 heterocycles. The maximum absolute atomic E-state index is 3.96. The van der Waals surface area contributed by atoms with Crippen molar-refractivity contribution in [2.24, 2.45) is 0 Å². The Morgan fingerprint density at radius 2 is 1.40 bits per heavy atom. The molecule has 0 bridgehead atoms. The van der Waals surface area contributed by atoms with E-state index in [2.05, 4.69) is 47.0 Å². The van der Waals surface area contributed by atoms with Crippen LogP contribution < -0.4 is 0 Å². The summed E-state index contributed by atoms with van der Waals surface area (Å²) in [6.07, 6.45) is 0. The first kappa shape index (κ1) is 9.34. The lowest BCUT2D eigenvalue weighted by molar-refractivity contribution is 2.66. The smallest absolute Gasteiger partial charge is 0.0297 e. The Balaban J connectivity index is 0. The van der Waals surface area contributed by atoms with Crippen molar-refractivity contribution in [3.63, 3.8) is 0 Å². The van der Waals surface area contributed by atoms with Crippen LogP contribution in [0, 0.1) is 0 Å². The fourth-order valence-electron chi connectivity index (χ4n) is 0. The first-order valence-electron chi connectivity index (χ1n) is 0.786. The van der Waals surface area contributed by atoms with E-state index in [1.165, 1.54) is 0 Å². The maximum atomic E-state index is 3.96. The molecule has 0 atom stereocenters. The Hall–Kier alpha value is 0.950. The zero-order valence-electron chi connectivity index (χ0n) is 2.69. The van der Waals surface area contributed by atoms with Gasteiger partial charge >= 0.3 is 0 Å². The molecule has 5 heavy (non-hydrogen) atoms. The van der Waals surface area contributed by atoms with Gasteiger partial charge in [0.2, 0.25) is 0 Å². The molecular weight excluding hydrogens is 215 g/mol. The third-order valence-electron chi connectivity index (χ3n) is 0. The minimum Gasteiger partial charge on any atom is -0.0901 e. The molecule has 0 amide bonds. The molecule has 0 fully saturated rings. The minimum atomic E-state index is 1.92. The number of thiocarbonyl (C=S) groups is 2. The monoisotopic (exact) mass is 218 g/mol. The standard InChI is InChI=1S/CH3I.CS2/c1-2;2-1-3/h1H3;. The molecule has 0 rings (SSSR count). The van der Waals surface area contributed by atoms with E-state index in [0.29, 0.717) is 0 Å². The summed E-state index contributed by atoms with van der Waals surface area (Å²) in [5.74, 6) is 0. The molecule has 0 radical (unpaired) electrons. The van der Waals surface area contributed by atoms with Crippen molar-refractivity contribution in [1.82, 2.24) is 0 Å². The van der Waals surface area contributed by atoms with E-state index in [-0.39, 0.29) is 0 Å². The summed E-state index contributed by atoms with van der Waals surface area (Å²) in [7, 11) is 0. The average Bonchev–Trinajstić information content (AvgIpc) is 1.46. The van der Waals surface area contributed by atoms with Gasteiger partial charge < -0.3 is 0 Å². The van der Waals surface area contributed by atoms with Crippen molar-refractivity contribution < 1.29 is 0 Å². The van der Waals surface area contributed by atoms with Gasteiger partial charge in [0.15, 0.2) is 0 Å². The molecule has 0 saturated heterocycles. The molecule has 0 unspecified atom stereocenters. The van der Waals surface area contributed by atoms with Gasteiger partial charge in [-0.1, -0.05) is 22.6 Å². The van der Waals surface area contributed by atoms with Gasteiger partial charge in [-0.05, 0) is 29.4 Å². The van der Waals surface area contributed by atoms with Crippen LogP contribution in [-0.4, -0.2) is 9.24 Å². The summed E-state index contributed by atoms with van der Waals surface area (Å²) in [5.41, 5.74) is 0. The first-order chi connectivity index (χ1) is 2.41. The Kier molecular flexibility index (Phi) is 38.0. The number of hydrogen-bond acceptors (Lipinski definition) is 2. The molecule has 0 spiro atoms. The lowest BCUT2D eigenvalue weighted by Crippen LogP contribution is -0.917. The highest BCUT2D eigenvalue weighted by Crippen LogP contribution is 1.48. The second-order valence-electron chi connectivity index (χ2n) is 0.0833. The van der Waals surface area contributed by atoms with Crippen molar-refractivity contribution >= 4 is 51.3 Å². The summed E-state index contributed by atoms with van der Waals surface area (Å²) in [6, 6.07) is 0. The summed E-state index contributed by atoms with van der Waals surface area (Å²) in [4.78, 5) is 1.97. The Bertz CT molecular complexity index is 28.6. The van der Waals surface area contributed by atoms with Crippen molar-refractivity contribution in [2.75, 3.05) is 4.93 Å². The molecule has 0 nitrogen and oxygen atoms in total. The summed E-state index contributed by atoms with van der Waals surface area (Å²) in [5, 5.41) is 0. The van der Waals surface area contributed by atoms with Crippen LogP contribution in [0.3, 0.4) is 0 Å². The SMILES string of the molecule is CI.S=C=S. The van der Waals surface area contributed by atoms with Crippen LogP contribution in [0.4, 0.5) is 0 Å². The molecule has 0 aliphatic heterocycles. The van der Waals surface area contributed by atoms with Gasteiger partial charge in [0, 0.05) is 4.31 Å². The molecule has 0 N–H and O–H groups in total. The van der Waals surface area contributed by atoms with Gasteiger partial charge in [0.25, 0.3) is 0 Å². The highest BCUT2D eigenvalue weighted by atomic mass is 127. The average molecular weight is 218 g/mol. The normalized spacial score (nSPS) is 2.80. The number of rotatable bonds is 0. The summed E-state index contributed by atoms with van der Waals surface area (Å²) >= 11 is 10.1. The van der Waals surface area contributed by atoms with Crippen molar-refractivity contribution in [3.05, 3.63) is 0 Å². The quantitative estimate of drug-likeness (QED) is 0.347. The molecule has 30 valence electrons. The number of halogens is 1. The van der Waals surface area contributed by atoms with Gasteiger partial charge in [0.1, 0.15) is 0 Å². The molecule has 0 aromatic carbocycles. The minimum absolute atomic E-state index is 1.92. The first-order valence-corrected chi connectivity index (χ1v) is 3.76. The third-order valence-corrected chi connectivity index (χ3v) is 0. The van der Waals surface area contributed by atoms with E-state index in [1.807, 2.05) is 9.24 Å². The maximum Gasteiger partial charge on any atom is 0.0297 e. The van der Waals surface area contributed by atoms with Gasteiger partial charge in [-0.3, -0.25) is 0 Å². The van der Waals surface area contributed by atoms with Crippen LogP contribution >= 0.6 is 47.0 Å². The predicted octanol–water partition coefficient (Wildman–Crippen LogP) is 2.07. The lowest BCUT2D eigenvalue weighted by Gasteiger charge is -1.05. The van der Waals surface area contributed by atoms with Gasteiger partial charge in [-0.15, -0.1) is 0 Å². The fraction of sp³-hybridized carbons (Fsp3) is 0.500. The van der Waals surface area contributed by atoms with E-state index >= 15 is 0 Å². The van der Waals surface area contributed by atoms with E-state index in [4.69, 9.17) is 0 Å². The Morgan fingerprint density at radius 3 is 1.40 bits per heavy atom. The molecule has 3 heteroatoms. The second-order valence-corrected chi connectivity index (χ2v) is 0.750. The van der Waals surface area contributed by atoms with Crippen LogP contribution in [-0.2, 0) is 0 Å². The molecular formula is C2H3IS2. The zero-order chi connectivity index (χ0) is 4.71. The zero-order valence-corrected chi connectivity index (χ0v) is 6.48. The Labute approximate surface area is 56.1 Å². The van der Waals surface area contributed by atoms with Gasteiger partial charge in [-0.25, -0.2) is 0 Å². The third kappa shape index (κ3) is 47.7. The van der Waals surface area contributed by atoms with Crippen LogP contribution in [0.2, 0.25) is 0 Å². The Morgan fingerprint density at radius 1 is 1.40 bits per heavy atom. The van der Waals surface area contributed by atoms with Crippen molar-refractivity contribution in [3.8, 4) is 0 Å². The largest absolute Gasteiger partial charge is 0.0901 e. The second kappa shape index (κ2) is 20.3. The van der Waals surface area contributed by atoms with Crippen LogP contribution in [0.25, 0.3) is 0 Å². The molecule has 0 aliphatic rings. The molecule has 0 saturated carbocycles. The number of hydrogen-bond donors (Lipinski definition) is 0. The van der Waals surface area contributed by atoms with Crippen LogP contribution in [0.5, 0.6) is 0 Å².